The number of hydrogen-bond acceptors (Lipinski definition) is 5. The molecule has 2 aliphatic rings. The number of nitrogens with one attached hydrogen (secondary N) is 2. The SMILES string of the molecule is O=C1CCN(C(=O)c2cn(CC3CCCNC3)nn2)CCN1. The van der Waals surface area contributed by atoms with Crippen LogP contribution in [0.5, 0.6) is 0 Å². The Hall–Kier alpha value is -1.96. The highest BCUT2D eigenvalue weighted by atomic mass is 16.2. The molecule has 2 aliphatic heterocycles. The van der Waals surface area contributed by atoms with E-state index in [-0.39, 0.29) is 11.8 Å². The fourth-order valence-corrected chi connectivity index (χ4v) is 2.96. The summed E-state index contributed by atoms with van der Waals surface area (Å²) >= 11 is 0. The van der Waals surface area contributed by atoms with Crippen molar-refractivity contribution in [2.24, 2.45) is 5.92 Å². The van der Waals surface area contributed by atoms with E-state index >= 15 is 0 Å². The molecule has 2 N–H and O–H groups in total. The molecule has 0 spiro atoms. The second kappa shape index (κ2) is 6.87. The van der Waals surface area contributed by atoms with Gasteiger partial charge in [0.25, 0.3) is 5.91 Å². The van der Waals surface area contributed by atoms with E-state index in [4.69, 9.17) is 0 Å². The maximum Gasteiger partial charge on any atom is 0.276 e. The Morgan fingerprint density at radius 3 is 3.09 bits per heavy atom. The average molecular weight is 306 g/mol. The number of carbonyl (C=O) groups excluding carboxylic acids is 2. The second-order valence-electron chi connectivity index (χ2n) is 5.93. The van der Waals surface area contributed by atoms with Crippen molar-refractivity contribution in [3.63, 3.8) is 0 Å². The first-order valence-corrected chi connectivity index (χ1v) is 7.89. The summed E-state index contributed by atoms with van der Waals surface area (Å²) in [6.45, 7) is 4.30. The molecule has 3 rings (SSSR count). The maximum atomic E-state index is 12.4. The van der Waals surface area contributed by atoms with Gasteiger partial charge in [0.1, 0.15) is 0 Å². The summed E-state index contributed by atoms with van der Waals surface area (Å²) in [7, 11) is 0. The molecule has 0 aromatic carbocycles. The topological polar surface area (TPSA) is 92.2 Å². The lowest BCUT2D eigenvalue weighted by Crippen LogP contribution is -2.34. The van der Waals surface area contributed by atoms with E-state index in [1.807, 2.05) is 0 Å². The molecule has 22 heavy (non-hydrogen) atoms. The van der Waals surface area contributed by atoms with Crippen LogP contribution in [0.15, 0.2) is 6.20 Å². The van der Waals surface area contributed by atoms with Gasteiger partial charge in [-0.1, -0.05) is 5.21 Å². The zero-order chi connectivity index (χ0) is 15.4. The van der Waals surface area contributed by atoms with Crippen molar-refractivity contribution in [1.82, 2.24) is 30.5 Å². The predicted molar refractivity (Wildman–Crippen MR) is 79.1 cm³/mol. The molecule has 1 unspecified atom stereocenters. The molecule has 1 aromatic heterocycles. The van der Waals surface area contributed by atoms with Gasteiger partial charge in [-0.15, -0.1) is 5.10 Å². The highest BCUT2D eigenvalue weighted by Crippen LogP contribution is 2.12. The number of amides is 2. The van der Waals surface area contributed by atoms with Crippen LogP contribution in [-0.4, -0.2) is 64.4 Å². The van der Waals surface area contributed by atoms with Crippen LogP contribution in [0.2, 0.25) is 0 Å². The molecule has 0 bridgehead atoms. The Kier molecular flexibility index (Phi) is 4.67. The van der Waals surface area contributed by atoms with Gasteiger partial charge in [-0.05, 0) is 31.8 Å². The Bertz CT molecular complexity index is 537. The van der Waals surface area contributed by atoms with E-state index in [1.54, 1.807) is 15.8 Å². The lowest BCUT2D eigenvalue weighted by atomic mass is 10.00. The van der Waals surface area contributed by atoms with Crippen LogP contribution >= 0.6 is 0 Å². The molecule has 120 valence electrons. The maximum absolute atomic E-state index is 12.4. The highest BCUT2D eigenvalue weighted by Gasteiger charge is 2.22. The monoisotopic (exact) mass is 306 g/mol. The van der Waals surface area contributed by atoms with Crippen LogP contribution in [-0.2, 0) is 11.3 Å². The summed E-state index contributed by atoms with van der Waals surface area (Å²) in [5.74, 6) is 0.381. The van der Waals surface area contributed by atoms with Gasteiger partial charge in [-0.2, -0.15) is 0 Å². The van der Waals surface area contributed by atoms with Gasteiger partial charge >= 0.3 is 0 Å². The normalized spacial score (nSPS) is 23.0. The van der Waals surface area contributed by atoms with Crippen LogP contribution in [0.1, 0.15) is 29.8 Å². The molecule has 0 saturated carbocycles. The molecule has 2 fully saturated rings. The minimum Gasteiger partial charge on any atom is -0.354 e. The minimum absolute atomic E-state index is 0.0104. The van der Waals surface area contributed by atoms with Crippen LogP contribution in [0.3, 0.4) is 0 Å². The zero-order valence-electron chi connectivity index (χ0n) is 12.6. The van der Waals surface area contributed by atoms with Gasteiger partial charge in [0.2, 0.25) is 5.91 Å². The number of aromatic nitrogens is 3. The molecule has 0 radical (unpaired) electrons. The van der Waals surface area contributed by atoms with E-state index in [9.17, 15) is 9.59 Å². The number of rotatable bonds is 3. The van der Waals surface area contributed by atoms with Crippen molar-refractivity contribution in [2.45, 2.75) is 25.8 Å². The van der Waals surface area contributed by atoms with Gasteiger partial charge in [0.15, 0.2) is 5.69 Å². The number of carbonyl (C=O) groups is 2. The number of hydrogen-bond donors (Lipinski definition) is 2. The lowest BCUT2D eigenvalue weighted by Gasteiger charge is -2.22. The van der Waals surface area contributed by atoms with Gasteiger partial charge in [-0.25, -0.2) is 0 Å². The Labute approximate surface area is 129 Å². The van der Waals surface area contributed by atoms with E-state index in [2.05, 4.69) is 20.9 Å². The average Bonchev–Trinajstić information content (AvgIpc) is 2.88. The molecule has 8 heteroatoms. The Morgan fingerprint density at radius 1 is 1.36 bits per heavy atom. The smallest absolute Gasteiger partial charge is 0.276 e. The van der Waals surface area contributed by atoms with Crippen molar-refractivity contribution in [1.29, 1.82) is 0 Å². The van der Waals surface area contributed by atoms with E-state index in [0.717, 1.165) is 19.6 Å². The summed E-state index contributed by atoms with van der Waals surface area (Å²) in [6.07, 6.45) is 4.42. The van der Waals surface area contributed by atoms with Crippen molar-refractivity contribution in [3.05, 3.63) is 11.9 Å². The molecule has 3 heterocycles. The summed E-state index contributed by atoms with van der Waals surface area (Å²) in [6, 6.07) is 0. The van der Waals surface area contributed by atoms with E-state index < -0.39 is 0 Å². The standard InChI is InChI=1S/C14H22N6O2/c21-13-3-6-19(7-5-16-13)14(22)12-10-20(18-17-12)9-11-2-1-4-15-8-11/h10-11,15H,1-9H2,(H,16,21). The van der Waals surface area contributed by atoms with Gasteiger partial charge in [-0.3, -0.25) is 14.3 Å². The van der Waals surface area contributed by atoms with Crippen LogP contribution in [0, 0.1) is 5.92 Å². The summed E-state index contributed by atoms with van der Waals surface area (Å²) in [5, 5.41) is 14.2. The first-order valence-electron chi connectivity index (χ1n) is 7.89. The molecule has 2 saturated heterocycles. The first-order chi connectivity index (χ1) is 10.7. The van der Waals surface area contributed by atoms with Gasteiger partial charge in [0.05, 0.1) is 6.20 Å². The van der Waals surface area contributed by atoms with Crippen molar-refractivity contribution in [3.8, 4) is 0 Å². The minimum atomic E-state index is -0.149. The third-order valence-electron chi connectivity index (χ3n) is 4.20. The third-order valence-corrected chi connectivity index (χ3v) is 4.20. The van der Waals surface area contributed by atoms with Crippen molar-refractivity contribution >= 4 is 11.8 Å². The predicted octanol–water partition coefficient (Wildman–Crippen LogP) is -0.760. The number of piperidine rings is 1. The van der Waals surface area contributed by atoms with Gasteiger partial charge in [0, 0.05) is 32.6 Å². The second-order valence-corrected chi connectivity index (χ2v) is 5.93. The van der Waals surface area contributed by atoms with Crippen LogP contribution in [0.4, 0.5) is 0 Å². The highest BCUT2D eigenvalue weighted by molar-refractivity contribution is 5.92. The van der Waals surface area contributed by atoms with Crippen molar-refractivity contribution in [2.75, 3.05) is 32.7 Å². The van der Waals surface area contributed by atoms with Gasteiger partial charge < -0.3 is 15.5 Å². The van der Waals surface area contributed by atoms with Crippen molar-refractivity contribution < 1.29 is 9.59 Å². The fraction of sp³-hybridized carbons (Fsp3) is 0.714. The summed E-state index contributed by atoms with van der Waals surface area (Å²) in [4.78, 5) is 25.4. The molecule has 1 aromatic rings. The van der Waals surface area contributed by atoms with E-state index in [1.165, 1.54) is 12.8 Å². The molecule has 8 nitrogen and oxygen atoms in total. The molecule has 0 aliphatic carbocycles. The summed E-state index contributed by atoms with van der Waals surface area (Å²) < 4.78 is 1.76. The first kappa shape index (κ1) is 15.0. The number of nitrogens with zero attached hydrogens (tertiary/aromatic N) is 4. The molecule has 1 atom stereocenters. The fourth-order valence-electron chi connectivity index (χ4n) is 2.96. The lowest BCUT2D eigenvalue weighted by molar-refractivity contribution is -0.120. The summed E-state index contributed by atoms with van der Waals surface area (Å²) in [5.41, 5.74) is 0.359. The zero-order valence-corrected chi connectivity index (χ0v) is 12.6. The van der Waals surface area contributed by atoms with E-state index in [0.29, 0.717) is 37.7 Å². The van der Waals surface area contributed by atoms with Crippen LogP contribution < -0.4 is 10.6 Å². The molecular formula is C14H22N6O2. The quantitative estimate of drug-likeness (QED) is 0.766. The third kappa shape index (κ3) is 3.62. The Morgan fingerprint density at radius 2 is 2.27 bits per heavy atom. The molecular weight excluding hydrogens is 284 g/mol. The largest absolute Gasteiger partial charge is 0.354 e. The Balaban J connectivity index is 1.59. The molecule has 2 amide bonds. The van der Waals surface area contributed by atoms with Crippen LogP contribution in [0.25, 0.3) is 0 Å².